The van der Waals surface area contributed by atoms with Gasteiger partial charge in [-0.15, -0.1) is 0 Å². The summed E-state index contributed by atoms with van der Waals surface area (Å²) in [5.41, 5.74) is 1.90. The Labute approximate surface area is 174 Å². The lowest BCUT2D eigenvalue weighted by Gasteiger charge is -2.29. The van der Waals surface area contributed by atoms with Crippen LogP contribution < -0.4 is 15.4 Å². The molecule has 2 unspecified atom stereocenters. The van der Waals surface area contributed by atoms with Crippen LogP contribution in [0.1, 0.15) is 54.7 Å². The molecule has 1 saturated heterocycles. The van der Waals surface area contributed by atoms with Crippen LogP contribution in [0.3, 0.4) is 0 Å². The van der Waals surface area contributed by atoms with Gasteiger partial charge in [0.25, 0.3) is 0 Å². The van der Waals surface area contributed by atoms with Gasteiger partial charge in [0.2, 0.25) is 0 Å². The zero-order chi connectivity index (χ0) is 20.9. The first-order valence-corrected chi connectivity index (χ1v) is 10.5. The van der Waals surface area contributed by atoms with Gasteiger partial charge in [0.15, 0.2) is 0 Å². The van der Waals surface area contributed by atoms with Crippen molar-refractivity contribution in [2.24, 2.45) is 0 Å². The Morgan fingerprint density at radius 3 is 2.80 bits per heavy atom. The summed E-state index contributed by atoms with van der Waals surface area (Å²) in [7, 11) is 0. The van der Waals surface area contributed by atoms with Gasteiger partial charge in [-0.2, -0.15) is 8.78 Å². The molecule has 8 heteroatoms. The van der Waals surface area contributed by atoms with Crippen molar-refractivity contribution in [1.29, 1.82) is 0 Å². The largest absolute Gasteiger partial charge is 0.468 e. The van der Waals surface area contributed by atoms with E-state index in [2.05, 4.69) is 20.3 Å². The van der Waals surface area contributed by atoms with E-state index in [1.807, 2.05) is 12.1 Å². The quantitative estimate of drug-likeness (QED) is 0.698. The average molecular weight is 419 g/mol. The van der Waals surface area contributed by atoms with Crippen LogP contribution >= 0.6 is 0 Å². The van der Waals surface area contributed by atoms with Crippen LogP contribution in [-0.2, 0) is 6.42 Å². The Morgan fingerprint density at radius 1 is 1.23 bits per heavy atom. The van der Waals surface area contributed by atoms with E-state index in [4.69, 9.17) is 4.42 Å². The van der Waals surface area contributed by atoms with Crippen LogP contribution in [-0.4, -0.2) is 37.2 Å². The number of alkyl halides is 2. The third-order valence-electron chi connectivity index (χ3n) is 5.87. The van der Waals surface area contributed by atoms with Crippen LogP contribution in [0.4, 0.5) is 13.6 Å². The molecule has 6 nitrogen and oxygen atoms in total. The predicted molar refractivity (Wildman–Crippen MR) is 108 cm³/mol. The standard InChI is InChI=1S/C22H27F2N3O3/c23-21(24)30-16-8-9-17-15(13-16)5-3-6-18(17)26-22(28)25-14-19(20-7-4-12-29-20)27-10-1-2-11-27/h4,7-9,12-13,18-19,21H,1-3,5-6,10-11,14H2,(H2,25,26,28). The molecule has 2 aliphatic rings. The summed E-state index contributed by atoms with van der Waals surface area (Å²) in [6.07, 6.45) is 6.43. The number of fused-ring (bicyclic) bond motifs is 1. The fraction of sp³-hybridized carbons (Fsp3) is 0.500. The molecule has 2 N–H and O–H groups in total. The molecule has 30 heavy (non-hydrogen) atoms. The molecular formula is C22H27F2N3O3. The first-order valence-electron chi connectivity index (χ1n) is 10.5. The molecule has 1 fully saturated rings. The molecule has 0 bridgehead atoms. The Morgan fingerprint density at radius 2 is 2.07 bits per heavy atom. The van der Waals surface area contributed by atoms with E-state index in [1.165, 1.54) is 6.07 Å². The monoisotopic (exact) mass is 419 g/mol. The molecular weight excluding hydrogens is 392 g/mol. The SMILES string of the molecule is O=C(NCC(c1ccco1)N1CCCC1)NC1CCCc2cc(OC(F)F)ccc21. The Hall–Kier alpha value is -2.61. The maximum Gasteiger partial charge on any atom is 0.387 e. The number of carbonyl (C=O) groups is 1. The summed E-state index contributed by atoms with van der Waals surface area (Å²) >= 11 is 0. The van der Waals surface area contributed by atoms with Crippen molar-refractivity contribution >= 4 is 6.03 Å². The zero-order valence-corrected chi connectivity index (χ0v) is 16.8. The number of carbonyl (C=O) groups excluding carboxylic acids is 1. The van der Waals surface area contributed by atoms with Gasteiger partial charge in [-0.25, -0.2) is 4.79 Å². The number of likely N-dealkylation sites (tertiary alicyclic amines) is 1. The molecule has 2 heterocycles. The number of hydrogen-bond donors (Lipinski definition) is 2. The molecule has 4 rings (SSSR count). The fourth-order valence-corrected chi connectivity index (χ4v) is 4.46. The fourth-order valence-electron chi connectivity index (χ4n) is 4.46. The predicted octanol–water partition coefficient (Wildman–Crippen LogP) is 4.39. The second kappa shape index (κ2) is 9.47. The van der Waals surface area contributed by atoms with Gasteiger partial charge in [0.05, 0.1) is 18.3 Å². The number of ether oxygens (including phenoxy) is 1. The van der Waals surface area contributed by atoms with Crippen LogP contribution in [0.25, 0.3) is 0 Å². The lowest BCUT2D eigenvalue weighted by molar-refractivity contribution is -0.0499. The molecule has 0 spiro atoms. The minimum Gasteiger partial charge on any atom is -0.468 e. The van der Waals surface area contributed by atoms with Gasteiger partial charge < -0.3 is 19.8 Å². The lowest BCUT2D eigenvalue weighted by Crippen LogP contribution is -2.43. The highest BCUT2D eigenvalue weighted by atomic mass is 19.3. The number of halogens is 2. The molecule has 1 aliphatic carbocycles. The van der Waals surface area contributed by atoms with Gasteiger partial charge >= 0.3 is 12.6 Å². The number of hydrogen-bond acceptors (Lipinski definition) is 4. The molecule has 2 atom stereocenters. The first-order chi connectivity index (χ1) is 14.6. The molecule has 1 aromatic carbocycles. The van der Waals surface area contributed by atoms with Crippen molar-refractivity contribution in [3.63, 3.8) is 0 Å². The molecule has 0 saturated carbocycles. The lowest BCUT2D eigenvalue weighted by atomic mass is 9.87. The van der Waals surface area contributed by atoms with E-state index in [0.29, 0.717) is 6.54 Å². The molecule has 162 valence electrons. The summed E-state index contributed by atoms with van der Waals surface area (Å²) in [6, 6.07) is 8.38. The van der Waals surface area contributed by atoms with Crippen molar-refractivity contribution in [3.8, 4) is 5.75 Å². The summed E-state index contributed by atoms with van der Waals surface area (Å²) in [6.45, 7) is -0.398. The van der Waals surface area contributed by atoms with Crippen molar-refractivity contribution in [2.75, 3.05) is 19.6 Å². The third kappa shape index (κ3) is 4.92. The van der Waals surface area contributed by atoms with E-state index in [1.54, 1.807) is 18.4 Å². The van der Waals surface area contributed by atoms with E-state index >= 15 is 0 Å². The van der Waals surface area contributed by atoms with E-state index in [9.17, 15) is 13.6 Å². The van der Waals surface area contributed by atoms with Crippen LogP contribution in [0.2, 0.25) is 0 Å². The summed E-state index contributed by atoms with van der Waals surface area (Å²) in [5, 5.41) is 6.03. The van der Waals surface area contributed by atoms with Crippen LogP contribution in [0.5, 0.6) is 5.75 Å². The van der Waals surface area contributed by atoms with Gasteiger partial charge in [-0.3, -0.25) is 4.90 Å². The van der Waals surface area contributed by atoms with Crippen LogP contribution in [0.15, 0.2) is 41.0 Å². The Balaban J connectivity index is 1.37. The topological polar surface area (TPSA) is 66.7 Å². The first kappa shape index (κ1) is 20.7. The normalized spacial score (nSPS) is 20.0. The van der Waals surface area contributed by atoms with E-state index in [-0.39, 0.29) is 23.9 Å². The number of nitrogens with one attached hydrogen (secondary N) is 2. The van der Waals surface area contributed by atoms with Gasteiger partial charge in [-0.05, 0) is 80.6 Å². The molecule has 2 aromatic rings. The highest BCUT2D eigenvalue weighted by Crippen LogP contribution is 2.32. The second-order valence-electron chi connectivity index (χ2n) is 7.81. The molecule has 1 aromatic heterocycles. The zero-order valence-electron chi connectivity index (χ0n) is 16.8. The summed E-state index contributed by atoms with van der Waals surface area (Å²) in [4.78, 5) is 15.0. The summed E-state index contributed by atoms with van der Waals surface area (Å²) in [5.74, 6) is 1.01. The Kier molecular flexibility index (Phi) is 6.52. The smallest absolute Gasteiger partial charge is 0.387 e. The average Bonchev–Trinajstić information content (AvgIpc) is 3.42. The van der Waals surface area contributed by atoms with Crippen LogP contribution in [0, 0.1) is 0 Å². The van der Waals surface area contributed by atoms with Crippen molar-refractivity contribution in [1.82, 2.24) is 15.5 Å². The van der Waals surface area contributed by atoms with Gasteiger partial charge in [0, 0.05) is 6.54 Å². The number of furan rings is 1. The maximum atomic E-state index is 12.6. The maximum absolute atomic E-state index is 12.6. The third-order valence-corrected chi connectivity index (χ3v) is 5.87. The highest BCUT2D eigenvalue weighted by molar-refractivity contribution is 5.74. The summed E-state index contributed by atoms with van der Waals surface area (Å²) < 4.78 is 35.0. The van der Waals surface area contributed by atoms with Crippen molar-refractivity contribution in [3.05, 3.63) is 53.5 Å². The van der Waals surface area contributed by atoms with Crippen molar-refractivity contribution < 1.29 is 22.7 Å². The minimum atomic E-state index is -2.84. The molecule has 0 radical (unpaired) electrons. The molecule has 1 aliphatic heterocycles. The second-order valence-corrected chi connectivity index (χ2v) is 7.81. The number of amides is 2. The van der Waals surface area contributed by atoms with Gasteiger partial charge in [-0.1, -0.05) is 6.07 Å². The number of nitrogens with zero attached hydrogens (tertiary/aromatic N) is 1. The van der Waals surface area contributed by atoms with E-state index < -0.39 is 6.61 Å². The highest BCUT2D eigenvalue weighted by Gasteiger charge is 2.27. The van der Waals surface area contributed by atoms with E-state index in [0.717, 1.165) is 62.1 Å². The number of rotatable bonds is 7. The minimum absolute atomic E-state index is 0.0148. The number of urea groups is 1. The molecule has 2 amide bonds. The number of benzene rings is 1. The Bertz CT molecular complexity index is 838. The van der Waals surface area contributed by atoms with Crippen molar-refractivity contribution in [2.45, 2.75) is 50.8 Å². The van der Waals surface area contributed by atoms with Gasteiger partial charge in [0.1, 0.15) is 11.5 Å². The number of aryl methyl sites for hydroxylation is 1.